The van der Waals surface area contributed by atoms with Crippen molar-refractivity contribution in [2.24, 2.45) is 0 Å². The SMILES string of the molecule is O=C(O)Cc1nc2ccc(Oc3ccccc3)cc2s1. The number of aromatic nitrogens is 1. The monoisotopic (exact) mass is 285 g/mol. The smallest absolute Gasteiger partial charge is 0.310 e. The van der Waals surface area contributed by atoms with Gasteiger partial charge in [-0.3, -0.25) is 4.79 Å². The maximum Gasteiger partial charge on any atom is 0.310 e. The Hall–Kier alpha value is -2.40. The second-order valence-electron chi connectivity index (χ2n) is 4.22. The molecule has 0 amide bonds. The average Bonchev–Trinajstić information content (AvgIpc) is 2.80. The van der Waals surface area contributed by atoms with Crippen molar-refractivity contribution in [2.75, 3.05) is 0 Å². The lowest BCUT2D eigenvalue weighted by molar-refractivity contribution is -0.136. The molecule has 2 aromatic carbocycles. The fourth-order valence-electron chi connectivity index (χ4n) is 1.85. The molecule has 0 aliphatic heterocycles. The zero-order valence-corrected chi connectivity index (χ0v) is 11.3. The molecule has 0 radical (unpaired) electrons. The molecule has 1 heterocycles. The molecule has 0 bridgehead atoms. The van der Waals surface area contributed by atoms with Crippen LogP contribution in [0.1, 0.15) is 5.01 Å². The van der Waals surface area contributed by atoms with Crippen molar-refractivity contribution in [1.82, 2.24) is 4.98 Å². The molecule has 4 nitrogen and oxygen atoms in total. The number of fused-ring (bicyclic) bond motifs is 1. The molecule has 0 spiro atoms. The molecular weight excluding hydrogens is 274 g/mol. The van der Waals surface area contributed by atoms with Crippen LogP contribution < -0.4 is 4.74 Å². The summed E-state index contributed by atoms with van der Waals surface area (Å²) in [6.07, 6.45) is -0.0474. The molecule has 1 N–H and O–H groups in total. The lowest BCUT2D eigenvalue weighted by Gasteiger charge is -2.04. The number of benzene rings is 2. The molecular formula is C15H11NO3S. The summed E-state index contributed by atoms with van der Waals surface area (Å²) in [7, 11) is 0. The number of thiazole rings is 1. The van der Waals surface area contributed by atoms with Crippen molar-refractivity contribution in [2.45, 2.75) is 6.42 Å². The Morgan fingerprint density at radius 2 is 1.95 bits per heavy atom. The predicted molar refractivity (Wildman–Crippen MR) is 77.5 cm³/mol. The molecule has 20 heavy (non-hydrogen) atoms. The van der Waals surface area contributed by atoms with E-state index in [0.717, 1.165) is 16.0 Å². The van der Waals surface area contributed by atoms with Gasteiger partial charge in [0.1, 0.15) is 16.5 Å². The van der Waals surface area contributed by atoms with Crippen molar-refractivity contribution in [1.29, 1.82) is 0 Å². The van der Waals surface area contributed by atoms with E-state index < -0.39 is 5.97 Å². The number of para-hydroxylation sites is 1. The van der Waals surface area contributed by atoms with Crippen LogP contribution in [0.2, 0.25) is 0 Å². The molecule has 3 rings (SSSR count). The second kappa shape index (κ2) is 5.30. The van der Waals surface area contributed by atoms with E-state index in [9.17, 15) is 4.79 Å². The molecule has 0 saturated carbocycles. The van der Waals surface area contributed by atoms with Gasteiger partial charge in [0, 0.05) is 6.07 Å². The van der Waals surface area contributed by atoms with Crippen LogP contribution in [0.15, 0.2) is 48.5 Å². The first kappa shape index (κ1) is 12.6. The van der Waals surface area contributed by atoms with Gasteiger partial charge in [-0.05, 0) is 24.3 Å². The highest BCUT2D eigenvalue weighted by Gasteiger charge is 2.08. The van der Waals surface area contributed by atoms with Crippen LogP contribution in [0.5, 0.6) is 11.5 Å². The number of carboxylic acid groups (broad SMARTS) is 1. The summed E-state index contributed by atoms with van der Waals surface area (Å²) >= 11 is 1.38. The van der Waals surface area contributed by atoms with Gasteiger partial charge in [0.05, 0.1) is 16.6 Å². The third kappa shape index (κ3) is 2.78. The quantitative estimate of drug-likeness (QED) is 0.793. The third-order valence-corrected chi connectivity index (χ3v) is 3.70. The van der Waals surface area contributed by atoms with Crippen molar-refractivity contribution in [3.63, 3.8) is 0 Å². The molecule has 3 aromatic rings. The first-order chi connectivity index (χ1) is 9.70. The van der Waals surface area contributed by atoms with E-state index in [0.29, 0.717) is 10.8 Å². The Kier molecular flexibility index (Phi) is 3.35. The molecule has 0 atom stereocenters. The normalized spacial score (nSPS) is 10.6. The summed E-state index contributed by atoms with van der Waals surface area (Å²) < 4.78 is 6.67. The second-order valence-corrected chi connectivity index (χ2v) is 5.34. The maximum atomic E-state index is 10.7. The largest absolute Gasteiger partial charge is 0.481 e. The van der Waals surface area contributed by atoms with Gasteiger partial charge < -0.3 is 9.84 Å². The maximum absolute atomic E-state index is 10.7. The number of hydrogen-bond donors (Lipinski definition) is 1. The Bertz CT molecular complexity index is 752. The van der Waals surface area contributed by atoms with E-state index in [1.54, 1.807) is 0 Å². The van der Waals surface area contributed by atoms with Crippen LogP contribution in [0.3, 0.4) is 0 Å². The summed E-state index contributed by atoms with van der Waals surface area (Å²) in [6.45, 7) is 0. The molecule has 0 aliphatic rings. The van der Waals surface area contributed by atoms with Gasteiger partial charge in [-0.15, -0.1) is 11.3 Å². The van der Waals surface area contributed by atoms with Gasteiger partial charge >= 0.3 is 5.97 Å². The zero-order valence-electron chi connectivity index (χ0n) is 10.4. The van der Waals surface area contributed by atoms with Crippen LogP contribution >= 0.6 is 11.3 Å². The number of carbonyl (C=O) groups is 1. The Balaban J connectivity index is 1.88. The number of nitrogens with zero attached hydrogens (tertiary/aromatic N) is 1. The first-order valence-electron chi connectivity index (χ1n) is 6.05. The van der Waals surface area contributed by atoms with Gasteiger partial charge in [-0.2, -0.15) is 0 Å². The Morgan fingerprint density at radius 3 is 2.70 bits per heavy atom. The van der Waals surface area contributed by atoms with E-state index in [1.807, 2.05) is 48.5 Å². The minimum Gasteiger partial charge on any atom is -0.481 e. The fourth-order valence-corrected chi connectivity index (χ4v) is 2.83. The van der Waals surface area contributed by atoms with E-state index in [-0.39, 0.29) is 6.42 Å². The van der Waals surface area contributed by atoms with Crippen molar-refractivity contribution in [3.8, 4) is 11.5 Å². The molecule has 100 valence electrons. The van der Waals surface area contributed by atoms with Crippen molar-refractivity contribution < 1.29 is 14.6 Å². The standard InChI is InChI=1S/C15H11NO3S/c17-15(18)9-14-16-12-7-6-11(8-13(12)20-14)19-10-4-2-1-3-5-10/h1-8H,9H2,(H,17,18). The number of carboxylic acids is 1. The van der Waals surface area contributed by atoms with Gasteiger partial charge in [-0.1, -0.05) is 18.2 Å². The van der Waals surface area contributed by atoms with Crippen LogP contribution in [0, 0.1) is 0 Å². The average molecular weight is 285 g/mol. The van der Waals surface area contributed by atoms with Crippen molar-refractivity contribution in [3.05, 3.63) is 53.5 Å². The Labute approximate surface area is 119 Å². The summed E-state index contributed by atoms with van der Waals surface area (Å²) in [5, 5.41) is 9.38. The van der Waals surface area contributed by atoms with E-state index in [4.69, 9.17) is 9.84 Å². The highest BCUT2D eigenvalue weighted by atomic mass is 32.1. The lowest BCUT2D eigenvalue weighted by atomic mass is 10.3. The van der Waals surface area contributed by atoms with E-state index in [2.05, 4.69) is 4.98 Å². The minimum absolute atomic E-state index is 0.0474. The number of rotatable bonds is 4. The number of aliphatic carboxylic acids is 1. The molecule has 0 unspecified atom stereocenters. The molecule has 5 heteroatoms. The van der Waals surface area contributed by atoms with E-state index >= 15 is 0 Å². The van der Waals surface area contributed by atoms with E-state index in [1.165, 1.54) is 11.3 Å². The van der Waals surface area contributed by atoms with Crippen LogP contribution in [-0.4, -0.2) is 16.1 Å². The summed E-state index contributed by atoms with van der Waals surface area (Å²) in [6, 6.07) is 15.1. The summed E-state index contributed by atoms with van der Waals surface area (Å²) in [5.41, 5.74) is 0.798. The van der Waals surface area contributed by atoms with Crippen LogP contribution in [-0.2, 0) is 11.2 Å². The first-order valence-corrected chi connectivity index (χ1v) is 6.86. The van der Waals surface area contributed by atoms with Gasteiger partial charge in [-0.25, -0.2) is 4.98 Å². The number of hydrogen-bond acceptors (Lipinski definition) is 4. The van der Waals surface area contributed by atoms with Gasteiger partial charge in [0.2, 0.25) is 0 Å². The lowest BCUT2D eigenvalue weighted by Crippen LogP contribution is -1.98. The predicted octanol–water partition coefficient (Wildman–Crippen LogP) is 3.72. The molecule has 1 aromatic heterocycles. The zero-order chi connectivity index (χ0) is 13.9. The fraction of sp³-hybridized carbons (Fsp3) is 0.0667. The summed E-state index contributed by atoms with van der Waals surface area (Å²) in [4.78, 5) is 15.0. The number of ether oxygens (including phenoxy) is 1. The third-order valence-electron chi connectivity index (χ3n) is 2.69. The summed E-state index contributed by atoms with van der Waals surface area (Å²) in [5.74, 6) is 0.612. The molecule has 0 saturated heterocycles. The van der Waals surface area contributed by atoms with Crippen LogP contribution in [0.4, 0.5) is 0 Å². The molecule has 0 aliphatic carbocycles. The minimum atomic E-state index is -0.871. The van der Waals surface area contributed by atoms with Gasteiger partial charge in [0.15, 0.2) is 0 Å². The van der Waals surface area contributed by atoms with Gasteiger partial charge in [0.25, 0.3) is 0 Å². The Morgan fingerprint density at radius 1 is 1.15 bits per heavy atom. The van der Waals surface area contributed by atoms with Crippen LogP contribution in [0.25, 0.3) is 10.2 Å². The highest BCUT2D eigenvalue weighted by molar-refractivity contribution is 7.18. The highest BCUT2D eigenvalue weighted by Crippen LogP contribution is 2.29. The molecule has 0 fully saturated rings. The topological polar surface area (TPSA) is 59.4 Å². The van der Waals surface area contributed by atoms with Crippen molar-refractivity contribution >= 4 is 27.5 Å².